The lowest BCUT2D eigenvalue weighted by Gasteiger charge is -2.17. The number of hydrogen-bond acceptors (Lipinski definition) is 2. The van der Waals surface area contributed by atoms with Crippen LogP contribution >= 0.6 is 0 Å². The smallest absolute Gasteiger partial charge is 0.220 e. The first-order chi connectivity index (χ1) is 8.90. The average molecular weight is 262 g/mol. The van der Waals surface area contributed by atoms with Gasteiger partial charge in [0.15, 0.2) is 0 Å². The van der Waals surface area contributed by atoms with Crippen molar-refractivity contribution in [3.05, 3.63) is 35.4 Å². The lowest BCUT2D eigenvalue weighted by atomic mass is 10.00. The molecule has 1 amide bonds. The fourth-order valence-corrected chi connectivity index (χ4v) is 1.84. The van der Waals surface area contributed by atoms with Gasteiger partial charge in [-0.3, -0.25) is 4.79 Å². The van der Waals surface area contributed by atoms with E-state index < -0.39 is 0 Å². The van der Waals surface area contributed by atoms with E-state index in [1.54, 1.807) is 0 Å². The van der Waals surface area contributed by atoms with Gasteiger partial charge < -0.3 is 11.1 Å². The normalized spacial score (nSPS) is 11.4. The Kier molecular flexibility index (Phi) is 6.03. The first-order valence-electron chi connectivity index (χ1n) is 7.04. The number of benzene rings is 1. The molecule has 1 aromatic rings. The second-order valence-electron chi connectivity index (χ2n) is 5.83. The zero-order chi connectivity index (χ0) is 14.3. The third-order valence-electron chi connectivity index (χ3n) is 3.05. The van der Waals surface area contributed by atoms with Gasteiger partial charge in [-0.05, 0) is 37.8 Å². The van der Waals surface area contributed by atoms with Crippen LogP contribution in [0.4, 0.5) is 0 Å². The molecule has 0 radical (unpaired) electrons. The van der Waals surface area contributed by atoms with Crippen molar-refractivity contribution in [2.75, 3.05) is 0 Å². The third-order valence-corrected chi connectivity index (χ3v) is 3.05. The van der Waals surface area contributed by atoms with Gasteiger partial charge in [0, 0.05) is 18.5 Å². The van der Waals surface area contributed by atoms with Gasteiger partial charge in [0.25, 0.3) is 0 Å². The molecule has 0 aliphatic heterocycles. The predicted molar refractivity (Wildman–Crippen MR) is 79.8 cm³/mol. The number of nitrogens with one attached hydrogen (secondary N) is 1. The van der Waals surface area contributed by atoms with Gasteiger partial charge in [-0.25, -0.2) is 0 Å². The van der Waals surface area contributed by atoms with E-state index in [0.29, 0.717) is 19.4 Å². The fraction of sp³-hybridized carbons (Fsp3) is 0.562. The van der Waals surface area contributed by atoms with Crippen molar-refractivity contribution in [1.82, 2.24) is 5.32 Å². The number of nitrogens with two attached hydrogens (primary N) is 1. The van der Waals surface area contributed by atoms with Crippen LogP contribution in [0.2, 0.25) is 0 Å². The van der Waals surface area contributed by atoms with Gasteiger partial charge in [-0.1, -0.05) is 37.6 Å². The summed E-state index contributed by atoms with van der Waals surface area (Å²) in [5.74, 6) is 0.0659. The molecule has 0 saturated heterocycles. The molecule has 19 heavy (non-hydrogen) atoms. The first kappa shape index (κ1) is 15.7. The Morgan fingerprint density at radius 2 is 1.79 bits per heavy atom. The van der Waals surface area contributed by atoms with Crippen LogP contribution in [0.5, 0.6) is 0 Å². The molecular weight excluding hydrogens is 236 g/mol. The van der Waals surface area contributed by atoms with E-state index in [2.05, 4.69) is 36.5 Å². The molecule has 0 aromatic heterocycles. The number of aryl methyl sites for hydroxylation is 1. The molecule has 0 aliphatic carbocycles. The molecule has 1 aromatic carbocycles. The first-order valence-corrected chi connectivity index (χ1v) is 7.04. The van der Waals surface area contributed by atoms with E-state index >= 15 is 0 Å². The highest BCUT2D eigenvalue weighted by atomic mass is 16.1. The fourth-order valence-electron chi connectivity index (χ4n) is 1.84. The molecule has 3 N–H and O–H groups in total. The minimum absolute atomic E-state index is 0.0659. The maximum Gasteiger partial charge on any atom is 0.220 e. The molecule has 0 saturated carbocycles. The van der Waals surface area contributed by atoms with Gasteiger partial charge >= 0.3 is 0 Å². The minimum atomic E-state index is -0.279. The summed E-state index contributed by atoms with van der Waals surface area (Å²) in [5, 5.41) is 2.93. The van der Waals surface area contributed by atoms with Crippen LogP contribution < -0.4 is 11.1 Å². The van der Waals surface area contributed by atoms with Crippen molar-refractivity contribution >= 4 is 5.91 Å². The zero-order valence-corrected chi connectivity index (χ0v) is 12.3. The maximum absolute atomic E-state index is 11.7. The molecule has 0 spiro atoms. The molecule has 0 atom stereocenters. The van der Waals surface area contributed by atoms with E-state index in [1.807, 2.05) is 13.8 Å². The Bertz CT molecular complexity index is 390. The number of amides is 1. The minimum Gasteiger partial charge on any atom is -0.352 e. The summed E-state index contributed by atoms with van der Waals surface area (Å²) < 4.78 is 0. The average Bonchev–Trinajstić information content (AvgIpc) is 2.35. The summed E-state index contributed by atoms with van der Waals surface area (Å²) >= 11 is 0. The van der Waals surface area contributed by atoms with E-state index in [4.69, 9.17) is 5.73 Å². The Hall–Kier alpha value is -1.35. The lowest BCUT2D eigenvalue weighted by molar-refractivity contribution is -0.121. The topological polar surface area (TPSA) is 55.1 Å². The van der Waals surface area contributed by atoms with Crippen molar-refractivity contribution in [2.24, 2.45) is 5.73 Å². The van der Waals surface area contributed by atoms with Crippen molar-refractivity contribution < 1.29 is 4.79 Å². The summed E-state index contributed by atoms with van der Waals surface area (Å²) in [5.41, 5.74) is 8.07. The van der Waals surface area contributed by atoms with Crippen molar-refractivity contribution in [3.63, 3.8) is 0 Å². The van der Waals surface area contributed by atoms with Gasteiger partial charge in [0.05, 0.1) is 0 Å². The predicted octanol–water partition coefficient (Wildman–Crippen LogP) is 2.77. The number of rotatable bonds is 7. The van der Waals surface area contributed by atoms with E-state index in [-0.39, 0.29) is 11.4 Å². The van der Waals surface area contributed by atoms with Crippen LogP contribution in [-0.2, 0) is 17.8 Å². The second-order valence-corrected chi connectivity index (χ2v) is 5.83. The summed E-state index contributed by atoms with van der Waals surface area (Å²) in [6.45, 7) is 6.64. The number of carbonyl (C=O) groups excluding carboxylic acids is 1. The Morgan fingerprint density at radius 1 is 1.21 bits per heavy atom. The van der Waals surface area contributed by atoms with Crippen LogP contribution in [0.25, 0.3) is 0 Å². The zero-order valence-electron chi connectivity index (χ0n) is 12.3. The summed E-state index contributed by atoms with van der Waals surface area (Å²) in [4.78, 5) is 11.7. The van der Waals surface area contributed by atoms with E-state index in [9.17, 15) is 4.79 Å². The molecule has 0 aliphatic rings. The number of carbonyl (C=O) groups is 1. The highest BCUT2D eigenvalue weighted by molar-refractivity contribution is 5.75. The molecule has 0 unspecified atom stereocenters. The Labute approximate surface area is 116 Å². The van der Waals surface area contributed by atoms with E-state index in [0.717, 1.165) is 18.4 Å². The molecule has 106 valence electrons. The van der Waals surface area contributed by atoms with E-state index in [1.165, 1.54) is 5.56 Å². The van der Waals surface area contributed by atoms with Crippen molar-refractivity contribution in [3.8, 4) is 0 Å². The lowest BCUT2D eigenvalue weighted by Crippen LogP contribution is -2.34. The summed E-state index contributed by atoms with van der Waals surface area (Å²) in [6.07, 6.45) is 3.45. The number of hydrogen-bond donors (Lipinski definition) is 2. The highest BCUT2D eigenvalue weighted by Crippen LogP contribution is 2.08. The summed E-state index contributed by atoms with van der Waals surface area (Å²) in [6, 6.07) is 8.43. The van der Waals surface area contributed by atoms with Crippen LogP contribution in [-0.4, -0.2) is 11.4 Å². The molecule has 1 rings (SSSR count). The van der Waals surface area contributed by atoms with Gasteiger partial charge in [-0.15, -0.1) is 0 Å². The standard InChI is InChI=1S/C16H26N2O/c1-4-5-13-6-8-14(9-7-13)12-18-15(19)10-11-16(2,3)17/h6-9H,4-5,10-12,17H2,1-3H3,(H,18,19). The van der Waals surface area contributed by atoms with Gasteiger partial charge in [-0.2, -0.15) is 0 Å². The molecule has 3 heteroatoms. The van der Waals surface area contributed by atoms with Crippen LogP contribution in [0.3, 0.4) is 0 Å². The van der Waals surface area contributed by atoms with Gasteiger partial charge in [0.1, 0.15) is 0 Å². The summed E-state index contributed by atoms with van der Waals surface area (Å²) in [7, 11) is 0. The molecule has 0 fully saturated rings. The Morgan fingerprint density at radius 3 is 2.32 bits per heavy atom. The highest BCUT2D eigenvalue weighted by Gasteiger charge is 2.12. The monoisotopic (exact) mass is 262 g/mol. The Balaban J connectivity index is 2.33. The molecular formula is C16H26N2O. The third kappa shape index (κ3) is 6.97. The SMILES string of the molecule is CCCc1ccc(CNC(=O)CCC(C)(C)N)cc1. The largest absolute Gasteiger partial charge is 0.352 e. The van der Waals surface area contributed by atoms with Crippen LogP contribution in [0.1, 0.15) is 51.2 Å². The molecule has 0 heterocycles. The molecule has 0 bridgehead atoms. The van der Waals surface area contributed by atoms with Gasteiger partial charge in [0.2, 0.25) is 5.91 Å². The molecule has 3 nitrogen and oxygen atoms in total. The van der Waals surface area contributed by atoms with Crippen molar-refractivity contribution in [2.45, 2.75) is 58.5 Å². The van der Waals surface area contributed by atoms with Crippen LogP contribution in [0.15, 0.2) is 24.3 Å². The van der Waals surface area contributed by atoms with Crippen LogP contribution in [0, 0.1) is 0 Å². The second kappa shape index (κ2) is 7.29. The van der Waals surface area contributed by atoms with Crippen molar-refractivity contribution in [1.29, 1.82) is 0 Å². The maximum atomic E-state index is 11.7. The quantitative estimate of drug-likeness (QED) is 0.794.